The number of piperidine rings is 2. The quantitative estimate of drug-likeness (QED) is 0.322. The molecule has 1 aromatic carbocycles. The number of nitrogens with zero attached hydrogens (tertiary/aromatic N) is 5. The number of fused-ring (bicyclic) bond motifs is 1. The second kappa shape index (κ2) is 12.0. The Morgan fingerprint density at radius 3 is 2.51 bits per heavy atom. The van der Waals surface area contributed by atoms with Crippen LogP contribution in [0.15, 0.2) is 43.2 Å². The summed E-state index contributed by atoms with van der Waals surface area (Å²) in [6.07, 6.45) is 0.817. The summed E-state index contributed by atoms with van der Waals surface area (Å²) in [7, 11) is 1.43. The van der Waals surface area contributed by atoms with Crippen molar-refractivity contribution in [3.63, 3.8) is 0 Å². The molecule has 2 aliphatic heterocycles. The smallest absolute Gasteiger partial charge is 0.349 e. The number of aromatic nitrogens is 4. The topological polar surface area (TPSA) is 126 Å². The Balaban J connectivity index is 1.07. The lowest BCUT2D eigenvalue weighted by atomic mass is 9.96. The van der Waals surface area contributed by atoms with E-state index in [-0.39, 0.29) is 75.5 Å². The zero-order chi connectivity index (χ0) is 32.0. The molecule has 2 aromatic heterocycles. The summed E-state index contributed by atoms with van der Waals surface area (Å²) in [5.41, 5.74) is -0.763. The van der Waals surface area contributed by atoms with Gasteiger partial charge in [0.05, 0.1) is 34.6 Å². The third-order valence-corrected chi connectivity index (χ3v) is 9.09. The summed E-state index contributed by atoms with van der Waals surface area (Å²) in [5, 5.41) is 12.7. The number of nitrogens with one attached hydrogen (secondary N) is 3. The summed E-state index contributed by atoms with van der Waals surface area (Å²) in [6.45, 7) is 6.60. The van der Waals surface area contributed by atoms with Crippen LogP contribution in [0.5, 0.6) is 0 Å². The SMILES string of the molecule is C=CCn1cc(-c2cnc(C(=O)Nc3ccc(C(=O)NC4C5CN(C(=O)C6CCNCC6)CC54)c(Cl)c3)n2C)c(C(F)(F)F)n1. The number of alkyl halides is 3. The van der Waals surface area contributed by atoms with Gasteiger partial charge in [-0.2, -0.15) is 18.3 Å². The molecular formula is C30H32ClF3N8O3. The first-order chi connectivity index (χ1) is 21.5. The first-order valence-electron chi connectivity index (χ1n) is 14.6. The van der Waals surface area contributed by atoms with Crippen molar-refractivity contribution >= 4 is 35.0 Å². The average Bonchev–Trinajstić information content (AvgIpc) is 3.41. The standard InChI is InChI=1S/C30H32ClF3N8O3/c1-3-10-42-15-21(25(39-42)30(32,33)34)23-12-36-26(40(23)2)28(44)37-17-4-5-18(22(31)11-17)27(43)38-24-19-13-41(14-20(19)24)29(45)16-6-8-35-9-7-16/h3-5,11-12,15-16,19-20,24,35H,1,6-10,13-14H2,2H3,(H,37,44)(H,38,43). The fourth-order valence-corrected chi connectivity index (χ4v) is 6.62. The lowest BCUT2D eigenvalue weighted by molar-refractivity contribution is -0.141. The molecule has 2 atom stereocenters. The summed E-state index contributed by atoms with van der Waals surface area (Å²) in [6, 6.07) is 4.40. The number of hydrogen-bond acceptors (Lipinski definition) is 6. The van der Waals surface area contributed by atoms with Gasteiger partial charge in [0.25, 0.3) is 11.8 Å². The Labute approximate surface area is 261 Å². The van der Waals surface area contributed by atoms with Gasteiger partial charge in [0, 0.05) is 55.8 Å². The van der Waals surface area contributed by atoms with Crippen LogP contribution in [0.4, 0.5) is 18.9 Å². The molecule has 6 rings (SSSR count). The third kappa shape index (κ3) is 6.08. The second-order valence-corrected chi connectivity index (χ2v) is 12.1. The van der Waals surface area contributed by atoms with Crippen LogP contribution in [0.1, 0.15) is 39.5 Å². The van der Waals surface area contributed by atoms with E-state index in [1.165, 1.54) is 48.3 Å². The minimum absolute atomic E-state index is 0.0237. The largest absolute Gasteiger partial charge is 0.435 e. The number of hydrogen-bond donors (Lipinski definition) is 3. The van der Waals surface area contributed by atoms with E-state index < -0.39 is 17.8 Å². The van der Waals surface area contributed by atoms with Gasteiger partial charge in [-0.25, -0.2) is 4.98 Å². The normalized spacial score (nSPS) is 21.4. The first-order valence-corrected chi connectivity index (χ1v) is 15.0. The molecule has 4 heterocycles. The molecule has 1 aliphatic carbocycles. The molecule has 3 N–H and O–H groups in total. The lowest BCUT2D eigenvalue weighted by Gasteiger charge is -2.28. The molecule has 15 heteroatoms. The number of carbonyl (C=O) groups is 3. The number of allylic oxidation sites excluding steroid dienone is 1. The van der Waals surface area contributed by atoms with Crippen molar-refractivity contribution < 1.29 is 27.6 Å². The van der Waals surface area contributed by atoms with Crippen LogP contribution in [0, 0.1) is 17.8 Å². The van der Waals surface area contributed by atoms with Crippen molar-refractivity contribution in [1.29, 1.82) is 0 Å². The van der Waals surface area contributed by atoms with Crippen molar-refractivity contribution in [2.75, 3.05) is 31.5 Å². The molecule has 1 saturated carbocycles. The predicted molar refractivity (Wildman–Crippen MR) is 159 cm³/mol. The number of rotatable bonds is 8. The summed E-state index contributed by atoms with van der Waals surface area (Å²) in [5.74, 6) is -0.435. The highest BCUT2D eigenvalue weighted by Gasteiger charge is 2.57. The fourth-order valence-electron chi connectivity index (χ4n) is 6.36. The van der Waals surface area contributed by atoms with Gasteiger partial charge in [-0.15, -0.1) is 6.58 Å². The van der Waals surface area contributed by atoms with Gasteiger partial charge in [0.2, 0.25) is 5.91 Å². The highest BCUT2D eigenvalue weighted by molar-refractivity contribution is 6.34. The van der Waals surface area contributed by atoms with Crippen LogP contribution >= 0.6 is 11.6 Å². The van der Waals surface area contributed by atoms with Crippen molar-refractivity contribution in [3.05, 3.63) is 65.4 Å². The van der Waals surface area contributed by atoms with Crippen LogP contribution in [-0.2, 0) is 24.6 Å². The maximum Gasteiger partial charge on any atom is 0.435 e. The molecular weight excluding hydrogens is 613 g/mol. The van der Waals surface area contributed by atoms with Crippen molar-refractivity contribution in [1.82, 2.24) is 34.9 Å². The van der Waals surface area contributed by atoms with Crippen molar-refractivity contribution in [3.8, 4) is 11.3 Å². The third-order valence-electron chi connectivity index (χ3n) is 8.78. The number of amides is 3. The minimum atomic E-state index is -4.72. The maximum atomic E-state index is 13.7. The number of imidazole rings is 1. The molecule has 11 nitrogen and oxygen atoms in total. The second-order valence-electron chi connectivity index (χ2n) is 11.7. The summed E-state index contributed by atoms with van der Waals surface area (Å²) < 4.78 is 43.4. The van der Waals surface area contributed by atoms with E-state index >= 15 is 0 Å². The highest BCUT2D eigenvalue weighted by atomic mass is 35.5. The molecule has 3 aromatic rings. The first kappa shape index (κ1) is 30.8. The Hall–Kier alpha value is -4.17. The van der Waals surface area contributed by atoms with E-state index in [4.69, 9.17) is 11.6 Å². The van der Waals surface area contributed by atoms with E-state index in [9.17, 15) is 27.6 Å². The molecule has 0 radical (unpaired) electrons. The van der Waals surface area contributed by atoms with Gasteiger partial charge >= 0.3 is 6.18 Å². The molecule has 0 spiro atoms. The van der Waals surface area contributed by atoms with Gasteiger partial charge < -0.3 is 25.4 Å². The molecule has 2 saturated heterocycles. The Morgan fingerprint density at radius 2 is 1.87 bits per heavy atom. The Kier molecular flexibility index (Phi) is 8.20. The summed E-state index contributed by atoms with van der Waals surface area (Å²) in [4.78, 5) is 44.8. The van der Waals surface area contributed by atoms with Gasteiger partial charge in [-0.05, 0) is 44.1 Å². The average molecular weight is 645 g/mol. The maximum absolute atomic E-state index is 13.7. The van der Waals surface area contributed by atoms with Crippen molar-refractivity contribution in [2.24, 2.45) is 24.8 Å². The molecule has 3 fully saturated rings. The van der Waals surface area contributed by atoms with Gasteiger partial charge in [-0.1, -0.05) is 17.7 Å². The number of carbonyl (C=O) groups excluding carboxylic acids is 3. The predicted octanol–water partition coefficient (Wildman–Crippen LogP) is 3.58. The van der Waals surface area contributed by atoms with Gasteiger partial charge in [-0.3, -0.25) is 19.1 Å². The van der Waals surface area contributed by atoms with E-state index in [0.717, 1.165) is 30.6 Å². The van der Waals surface area contributed by atoms with Crippen LogP contribution in [0.25, 0.3) is 11.3 Å². The lowest BCUT2D eigenvalue weighted by Crippen LogP contribution is -2.43. The highest BCUT2D eigenvalue weighted by Crippen LogP contribution is 2.46. The van der Waals surface area contributed by atoms with Crippen molar-refractivity contribution in [2.45, 2.75) is 31.6 Å². The number of anilines is 1. The van der Waals surface area contributed by atoms with E-state index in [0.29, 0.717) is 13.1 Å². The van der Waals surface area contributed by atoms with E-state index in [1.54, 1.807) is 0 Å². The number of halogens is 4. The number of benzene rings is 1. The zero-order valence-electron chi connectivity index (χ0n) is 24.4. The molecule has 3 amide bonds. The summed E-state index contributed by atoms with van der Waals surface area (Å²) >= 11 is 6.42. The Morgan fingerprint density at radius 1 is 1.16 bits per heavy atom. The van der Waals surface area contributed by atoms with Gasteiger partial charge in [0.15, 0.2) is 11.5 Å². The molecule has 2 unspecified atom stereocenters. The van der Waals surface area contributed by atoms with Gasteiger partial charge in [0.1, 0.15) is 0 Å². The van der Waals surface area contributed by atoms with Crippen LogP contribution in [0.3, 0.4) is 0 Å². The Bertz CT molecular complexity index is 1650. The molecule has 0 bridgehead atoms. The molecule has 3 aliphatic rings. The van der Waals surface area contributed by atoms with Crippen LogP contribution < -0.4 is 16.0 Å². The van der Waals surface area contributed by atoms with E-state index in [1.807, 2.05) is 4.90 Å². The monoisotopic (exact) mass is 644 g/mol. The van der Waals surface area contributed by atoms with E-state index in [2.05, 4.69) is 32.6 Å². The minimum Gasteiger partial charge on any atom is -0.349 e. The van der Waals surface area contributed by atoms with Crippen LogP contribution in [0.2, 0.25) is 5.02 Å². The molecule has 238 valence electrons. The fraction of sp³-hybridized carbons (Fsp3) is 0.433. The van der Waals surface area contributed by atoms with Crippen LogP contribution in [-0.4, -0.2) is 74.2 Å². The number of likely N-dealkylation sites (tertiary alicyclic amines) is 1. The zero-order valence-corrected chi connectivity index (χ0v) is 25.2. The molecule has 45 heavy (non-hydrogen) atoms.